The molecular formula is C42H68O14. The zero-order valence-corrected chi connectivity index (χ0v) is 34.1. The second kappa shape index (κ2) is 14.2. The van der Waals surface area contributed by atoms with Crippen LogP contribution < -0.4 is 0 Å². The van der Waals surface area contributed by atoms with Crippen LogP contribution in [0.3, 0.4) is 0 Å². The molecule has 56 heavy (non-hydrogen) atoms. The maximum absolute atomic E-state index is 14.7. The van der Waals surface area contributed by atoms with Crippen molar-refractivity contribution in [3.8, 4) is 0 Å². The molecule has 14 heteroatoms. The fourth-order valence-corrected chi connectivity index (χ4v) is 13.6. The third-order valence-corrected chi connectivity index (χ3v) is 17.9. The molecule has 0 radical (unpaired) electrons. The highest BCUT2D eigenvalue weighted by Gasteiger charge is 2.73. The highest BCUT2D eigenvalue weighted by Crippen LogP contribution is 2.77. The van der Waals surface area contributed by atoms with Crippen LogP contribution in [0.4, 0.5) is 0 Å². The molecule has 0 unspecified atom stereocenters. The molecule has 2 saturated heterocycles. The number of ether oxygens (including phenoxy) is 4. The number of rotatable bonds is 6. The Hall–Kier alpha value is -1.27. The predicted molar refractivity (Wildman–Crippen MR) is 199 cm³/mol. The molecule has 0 amide bonds. The number of carbonyl (C=O) groups excluding carboxylic acids is 1. The lowest BCUT2D eigenvalue weighted by molar-refractivity contribution is -0.313. The Morgan fingerprint density at radius 3 is 2.11 bits per heavy atom. The molecule has 2 aliphatic heterocycles. The van der Waals surface area contributed by atoms with E-state index in [2.05, 4.69) is 26.8 Å². The van der Waals surface area contributed by atoms with Gasteiger partial charge in [0.15, 0.2) is 6.29 Å². The average Bonchev–Trinajstić information content (AvgIpc) is 3.14. The number of aliphatic hydroxyl groups excluding tert-OH is 8. The topological polar surface area (TPSA) is 236 Å². The van der Waals surface area contributed by atoms with Crippen LogP contribution in [0.15, 0.2) is 11.6 Å². The van der Waals surface area contributed by atoms with Gasteiger partial charge >= 0.3 is 5.97 Å². The Bertz CT molecular complexity index is 1530. The van der Waals surface area contributed by atoms with Crippen molar-refractivity contribution in [2.75, 3.05) is 19.8 Å². The second-order valence-corrected chi connectivity index (χ2v) is 20.6. The number of hydrogen-bond acceptors (Lipinski definition) is 14. The molecule has 5 aliphatic carbocycles. The first-order valence-electron chi connectivity index (χ1n) is 20.9. The van der Waals surface area contributed by atoms with Crippen LogP contribution in [-0.4, -0.2) is 139 Å². The predicted octanol–water partition coefficient (Wildman–Crippen LogP) is 1.29. The normalized spacial score (nSPS) is 55.4. The highest BCUT2D eigenvalue weighted by molar-refractivity contribution is 5.79. The van der Waals surface area contributed by atoms with Crippen molar-refractivity contribution in [2.45, 2.75) is 173 Å². The van der Waals surface area contributed by atoms with E-state index in [9.17, 15) is 50.8 Å². The Morgan fingerprint density at radius 1 is 0.786 bits per heavy atom. The molecule has 0 bridgehead atoms. The van der Waals surface area contributed by atoms with E-state index in [0.717, 1.165) is 24.8 Å². The van der Waals surface area contributed by atoms with Crippen LogP contribution in [0.5, 0.6) is 0 Å². The number of hydrogen-bond donors (Lipinski definition) is 9. The molecule has 14 nitrogen and oxygen atoms in total. The minimum Gasteiger partial charge on any atom is -0.432 e. The van der Waals surface area contributed by atoms with Crippen molar-refractivity contribution in [2.24, 2.45) is 50.2 Å². The van der Waals surface area contributed by atoms with Gasteiger partial charge in [-0.05, 0) is 98.2 Å². The van der Waals surface area contributed by atoms with Crippen molar-refractivity contribution < 1.29 is 69.7 Å². The number of aliphatic hydroxyl groups is 9. The van der Waals surface area contributed by atoms with Gasteiger partial charge in [-0.25, -0.2) is 0 Å². The molecule has 0 aromatic heterocycles. The van der Waals surface area contributed by atoms with Crippen molar-refractivity contribution in [1.82, 2.24) is 0 Å². The van der Waals surface area contributed by atoms with E-state index in [-0.39, 0.29) is 35.9 Å². The van der Waals surface area contributed by atoms with Crippen LogP contribution in [0.2, 0.25) is 0 Å². The summed E-state index contributed by atoms with van der Waals surface area (Å²) in [6, 6.07) is 0. The van der Waals surface area contributed by atoms with Crippen LogP contribution in [0, 0.1) is 50.2 Å². The lowest BCUT2D eigenvalue weighted by atomic mass is 9.32. The molecule has 0 aromatic rings. The zero-order valence-electron chi connectivity index (χ0n) is 34.1. The number of esters is 1. The fraction of sp³-hybridized carbons (Fsp3) is 0.929. The van der Waals surface area contributed by atoms with Crippen LogP contribution in [-0.2, 0) is 23.7 Å². The second-order valence-electron chi connectivity index (χ2n) is 20.6. The van der Waals surface area contributed by atoms with E-state index in [1.807, 2.05) is 27.7 Å². The third kappa shape index (κ3) is 5.82. The van der Waals surface area contributed by atoms with Gasteiger partial charge in [0.05, 0.1) is 36.9 Å². The fourth-order valence-electron chi connectivity index (χ4n) is 13.6. The molecule has 6 fully saturated rings. The molecule has 9 N–H and O–H groups in total. The molecule has 7 aliphatic rings. The van der Waals surface area contributed by atoms with Crippen LogP contribution in [0.1, 0.15) is 106 Å². The summed E-state index contributed by atoms with van der Waals surface area (Å²) in [5.41, 5.74) is -3.68. The van der Waals surface area contributed by atoms with E-state index in [4.69, 9.17) is 18.9 Å². The van der Waals surface area contributed by atoms with Gasteiger partial charge in [0.25, 0.3) is 0 Å². The number of fused-ring (bicyclic) bond motifs is 7. The first kappa shape index (κ1) is 42.8. The van der Waals surface area contributed by atoms with Crippen LogP contribution in [0.25, 0.3) is 0 Å². The smallest absolute Gasteiger partial charge is 0.315 e. The number of allylic oxidation sites excluding steroid dienone is 1. The van der Waals surface area contributed by atoms with E-state index in [0.29, 0.717) is 38.5 Å². The standard InChI is InChI=1S/C42H68O14/c1-36(2)14-16-42(35(51)56-34-31(50)29(48)28(47)23(18-43)54-34)17-15-39(5)21(32(42)41(36,7)52)8-9-25-37(3)12-11-26(55-33-30(49)27(46)22(45)19-53-33)38(4,20-44)24(37)10-13-40(25,39)6/h8,22-34,43-50,52H,9-20H2,1-7H3/t22-,23+,24+,25+,26-,27-,28+,29-,30+,31+,32-,33-,34-,37-,38-,39+,40+,41-,42-/m0/s1. The molecule has 0 aromatic carbocycles. The zero-order chi connectivity index (χ0) is 41.2. The van der Waals surface area contributed by atoms with Gasteiger partial charge in [-0.2, -0.15) is 0 Å². The van der Waals surface area contributed by atoms with E-state index < -0.39 is 107 Å². The minimum absolute atomic E-state index is 0.0412. The molecular weight excluding hydrogens is 728 g/mol. The summed E-state index contributed by atoms with van der Waals surface area (Å²) in [4.78, 5) is 14.7. The van der Waals surface area contributed by atoms with Gasteiger partial charge in [0.1, 0.15) is 42.7 Å². The van der Waals surface area contributed by atoms with E-state index in [1.165, 1.54) is 0 Å². The van der Waals surface area contributed by atoms with Gasteiger partial charge < -0.3 is 64.9 Å². The van der Waals surface area contributed by atoms with Crippen molar-refractivity contribution in [1.29, 1.82) is 0 Å². The maximum atomic E-state index is 14.7. The Morgan fingerprint density at radius 2 is 1.45 bits per heavy atom. The summed E-state index contributed by atoms with van der Waals surface area (Å²) in [6.45, 7) is 14.0. The summed E-state index contributed by atoms with van der Waals surface area (Å²) in [6.07, 6.45) is -5.58. The average molecular weight is 797 g/mol. The molecule has 2 heterocycles. The molecule has 0 spiro atoms. The summed E-state index contributed by atoms with van der Waals surface area (Å²) in [5, 5.41) is 96.4. The quantitative estimate of drug-likeness (QED) is 0.105. The first-order valence-corrected chi connectivity index (χ1v) is 20.9. The largest absolute Gasteiger partial charge is 0.432 e. The Kier molecular flexibility index (Phi) is 10.8. The van der Waals surface area contributed by atoms with Crippen molar-refractivity contribution in [3.63, 3.8) is 0 Å². The molecule has 19 atom stereocenters. The molecule has 4 saturated carbocycles. The Labute approximate surface area is 330 Å². The van der Waals surface area contributed by atoms with E-state index >= 15 is 0 Å². The van der Waals surface area contributed by atoms with Gasteiger partial charge in [-0.3, -0.25) is 4.79 Å². The first-order chi connectivity index (χ1) is 26.0. The summed E-state index contributed by atoms with van der Waals surface area (Å²) < 4.78 is 23.6. The minimum atomic E-state index is -1.74. The summed E-state index contributed by atoms with van der Waals surface area (Å²) in [7, 11) is 0. The maximum Gasteiger partial charge on any atom is 0.315 e. The SMILES string of the molecule is CC1(C)CC[C@]2(C(=O)O[C@@H]3O[C@H](CO)[C@@H](O)[C@H](O)[C@H]3O)CC[C@]3(C)C(=CC[C@@H]4[C@@]5(C)CC[C@H](O[C@@H]6OC[C@H](O)[C@H](O)[C@H]6O)[C@@](C)(CO)[C@@H]5CC[C@]43C)[C@H]2[C@]1(C)O. The summed E-state index contributed by atoms with van der Waals surface area (Å²) in [5.74, 6) is -1.06. The van der Waals surface area contributed by atoms with Gasteiger partial charge in [0.2, 0.25) is 6.29 Å². The molecule has 320 valence electrons. The third-order valence-electron chi connectivity index (χ3n) is 17.9. The van der Waals surface area contributed by atoms with Gasteiger partial charge in [-0.1, -0.05) is 53.2 Å². The van der Waals surface area contributed by atoms with Gasteiger partial charge in [-0.15, -0.1) is 0 Å². The lowest BCUT2D eigenvalue weighted by Crippen LogP contribution is -2.70. The van der Waals surface area contributed by atoms with E-state index in [1.54, 1.807) is 0 Å². The monoisotopic (exact) mass is 796 g/mol. The van der Waals surface area contributed by atoms with Crippen LogP contribution >= 0.6 is 0 Å². The Balaban J connectivity index is 1.22. The lowest BCUT2D eigenvalue weighted by Gasteiger charge is -2.72. The van der Waals surface area contributed by atoms with Gasteiger partial charge in [0, 0.05) is 11.3 Å². The van der Waals surface area contributed by atoms with Crippen molar-refractivity contribution >= 4 is 5.97 Å². The highest BCUT2D eigenvalue weighted by atomic mass is 16.7. The molecule has 7 rings (SSSR count). The summed E-state index contributed by atoms with van der Waals surface area (Å²) >= 11 is 0. The van der Waals surface area contributed by atoms with Crippen molar-refractivity contribution in [3.05, 3.63) is 11.6 Å². The number of carbonyl (C=O) groups is 1.